The molecule has 0 saturated heterocycles. The van der Waals surface area contributed by atoms with E-state index in [2.05, 4.69) is 15.8 Å². The number of carbonyl (C=O) groups excluding carboxylic acids is 2. The highest BCUT2D eigenvalue weighted by Crippen LogP contribution is 2.28. The van der Waals surface area contributed by atoms with Crippen LogP contribution in [0.25, 0.3) is 0 Å². The van der Waals surface area contributed by atoms with E-state index in [1.807, 2.05) is 26.8 Å². The molecule has 0 atom stereocenters. The van der Waals surface area contributed by atoms with E-state index in [9.17, 15) is 18.0 Å². The molecule has 4 aromatic rings. The molecule has 0 radical (unpaired) electrons. The number of hydrazone groups is 1. The molecule has 0 fully saturated rings. The fourth-order valence-corrected chi connectivity index (χ4v) is 5.70. The number of ether oxygens (including phenoxy) is 2. The molecule has 0 spiro atoms. The number of aryl methyl sites for hydroxylation is 2. The van der Waals surface area contributed by atoms with Gasteiger partial charge in [0.25, 0.3) is 21.8 Å². The molecule has 228 valence electrons. The molecule has 4 aromatic carbocycles. The van der Waals surface area contributed by atoms with E-state index in [0.29, 0.717) is 28.4 Å². The summed E-state index contributed by atoms with van der Waals surface area (Å²) >= 11 is 0. The first-order chi connectivity index (χ1) is 21.1. The van der Waals surface area contributed by atoms with Crippen LogP contribution in [0.4, 0.5) is 11.4 Å². The van der Waals surface area contributed by atoms with Crippen molar-refractivity contribution in [2.24, 2.45) is 5.10 Å². The third-order valence-corrected chi connectivity index (χ3v) is 8.55. The molecule has 0 unspecified atom stereocenters. The SMILES string of the molecule is COc1ccccc1NC(=O)COc1ccc(/C=N\NC(=O)CN(c2cccc(C)c2C)S(=O)(=O)c2ccc(C)cc2)cc1. The molecule has 0 aromatic heterocycles. The van der Waals surface area contributed by atoms with Gasteiger partial charge < -0.3 is 14.8 Å². The Morgan fingerprint density at radius 1 is 0.864 bits per heavy atom. The summed E-state index contributed by atoms with van der Waals surface area (Å²) in [5, 5.41) is 6.74. The average molecular weight is 615 g/mol. The van der Waals surface area contributed by atoms with Crippen LogP contribution < -0.4 is 24.5 Å². The van der Waals surface area contributed by atoms with Gasteiger partial charge in [0.1, 0.15) is 18.0 Å². The van der Waals surface area contributed by atoms with E-state index in [4.69, 9.17) is 9.47 Å². The van der Waals surface area contributed by atoms with Gasteiger partial charge in [0, 0.05) is 0 Å². The third kappa shape index (κ3) is 8.01. The second-order valence-corrected chi connectivity index (χ2v) is 11.8. The second kappa shape index (κ2) is 14.3. The average Bonchev–Trinajstić information content (AvgIpc) is 3.01. The number of methoxy groups -OCH3 is 1. The number of carbonyl (C=O) groups is 2. The molecule has 2 N–H and O–H groups in total. The number of hydrogen-bond donors (Lipinski definition) is 2. The van der Waals surface area contributed by atoms with Crippen LogP contribution in [0.15, 0.2) is 101 Å². The van der Waals surface area contributed by atoms with Crippen LogP contribution in [0, 0.1) is 20.8 Å². The summed E-state index contributed by atoms with van der Waals surface area (Å²) in [7, 11) is -2.52. The maximum atomic E-state index is 13.7. The molecule has 0 heterocycles. The lowest BCUT2D eigenvalue weighted by Crippen LogP contribution is -2.40. The molecule has 44 heavy (non-hydrogen) atoms. The first kappa shape index (κ1) is 31.8. The highest BCUT2D eigenvalue weighted by molar-refractivity contribution is 7.92. The van der Waals surface area contributed by atoms with Crippen LogP contribution in [-0.2, 0) is 19.6 Å². The van der Waals surface area contributed by atoms with Crippen LogP contribution >= 0.6 is 0 Å². The standard InChI is InChI=1S/C33H34N4O6S/c1-23-12-18-28(19-13-23)44(40,41)37(30-10-7-8-24(2)25(30)3)21-32(38)36-34-20-26-14-16-27(17-15-26)43-22-33(39)35-29-9-5-6-11-31(29)42-4/h5-20H,21-22H2,1-4H3,(H,35,39)(H,36,38)/b34-20-. The Morgan fingerprint density at radius 3 is 2.27 bits per heavy atom. The van der Waals surface area contributed by atoms with Crippen molar-refractivity contribution in [3.05, 3.63) is 113 Å². The number of anilines is 2. The third-order valence-electron chi connectivity index (χ3n) is 6.77. The van der Waals surface area contributed by atoms with Crippen molar-refractivity contribution in [3.8, 4) is 11.5 Å². The van der Waals surface area contributed by atoms with Crippen LogP contribution in [0.1, 0.15) is 22.3 Å². The van der Waals surface area contributed by atoms with Crippen LogP contribution in [0.3, 0.4) is 0 Å². The van der Waals surface area contributed by atoms with E-state index >= 15 is 0 Å². The van der Waals surface area contributed by atoms with Crippen LogP contribution in [-0.4, -0.2) is 46.7 Å². The van der Waals surface area contributed by atoms with Gasteiger partial charge in [0.15, 0.2) is 6.61 Å². The van der Waals surface area contributed by atoms with Gasteiger partial charge in [-0.1, -0.05) is 42.0 Å². The van der Waals surface area contributed by atoms with Crippen molar-refractivity contribution >= 4 is 39.4 Å². The van der Waals surface area contributed by atoms with E-state index in [1.165, 1.54) is 25.5 Å². The first-order valence-corrected chi connectivity index (χ1v) is 15.2. The van der Waals surface area contributed by atoms with Gasteiger partial charge in [0.2, 0.25) is 0 Å². The Labute approximate surface area is 257 Å². The number of sulfonamides is 1. The lowest BCUT2D eigenvalue weighted by Gasteiger charge is -2.26. The number of nitrogens with zero attached hydrogens (tertiary/aromatic N) is 2. The van der Waals surface area contributed by atoms with Crippen LogP contribution in [0.2, 0.25) is 0 Å². The fourth-order valence-electron chi connectivity index (χ4n) is 4.22. The number of nitrogens with one attached hydrogen (secondary N) is 2. The predicted molar refractivity (Wildman–Crippen MR) is 171 cm³/mol. The van der Waals surface area contributed by atoms with Gasteiger partial charge in [-0.25, -0.2) is 13.8 Å². The molecule has 4 rings (SSSR count). The summed E-state index contributed by atoms with van der Waals surface area (Å²) in [6.45, 7) is 4.89. The molecule has 0 aliphatic carbocycles. The molecule has 0 bridgehead atoms. The quantitative estimate of drug-likeness (QED) is 0.171. The lowest BCUT2D eigenvalue weighted by atomic mass is 10.1. The van der Waals surface area contributed by atoms with Crippen molar-refractivity contribution in [2.75, 3.05) is 29.9 Å². The Morgan fingerprint density at radius 2 is 1.57 bits per heavy atom. The zero-order valence-electron chi connectivity index (χ0n) is 24.9. The zero-order valence-corrected chi connectivity index (χ0v) is 25.7. The van der Waals surface area contributed by atoms with Gasteiger partial charge in [0.05, 0.1) is 29.6 Å². The molecular weight excluding hydrogens is 580 g/mol. The molecule has 2 amide bonds. The zero-order chi connectivity index (χ0) is 31.7. The fraction of sp³-hybridized carbons (Fsp3) is 0.182. The van der Waals surface area contributed by atoms with Crippen molar-refractivity contribution < 1.29 is 27.5 Å². The van der Waals surface area contributed by atoms with Crippen molar-refractivity contribution in [1.82, 2.24) is 5.43 Å². The van der Waals surface area contributed by atoms with Crippen molar-refractivity contribution in [1.29, 1.82) is 0 Å². The van der Waals surface area contributed by atoms with E-state index in [-0.39, 0.29) is 17.4 Å². The second-order valence-electron chi connectivity index (χ2n) is 9.94. The molecule has 0 aliphatic heterocycles. The summed E-state index contributed by atoms with van der Waals surface area (Å²) in [4.78, 5) is 25.3. The van der Waals surface area contributed by atoms with Gasteiger partial charge in [-0.15, -0.1) is 0 Å². The Bertz CT molecular complexity index is 1750. The molecular formula is C33H34N4O6S. The van der Waals surface area contributed by atoms with Gasteiger partial charge in [-0.05, 0) is 92.1 Å². The van der Waals surface area contributed by atoms with Crippen molar-refractivity contribution in [2.45, 2.75) is 25.7 Å². The summed E-state index contributed by atoms with van der Waals surface area (Å²) in [5.41, 5.74) is 6.59. The number of benzene rings is 4. The number of amides is 2. The Hall–Kier alpha value is -5.16. The molecule has 0 aliphatic rings. The molecule has 11 heteroatoms. The van der Waals surface area contributed by atoms with Crippen molar-refractivity contribution in [3.63, 3.8) is 0 Å². The number of hydrogen-bond acceptors (Lipinski definition) is 7. The summed E-state index contributed by atoms with van der Waals surface area (Å²) in [5.74, 6) is 0.0512. The van der Waals surface area contributed by atoms with Crippen LogP contribution in [0.5, 0.6) is 11.5 Å². The minimum absolute atomic E-state index is 0.0832. The van der Waals surface area contributed by atoms with Gasteiger partial charge >= 0.3 is 0 Å². The number of para-hydroxylation sites is 2. The summed E-state index contributed by atoms with van der Waals surface area (Å²) in [6, 6.07) is 25.6. The predicted octanol–water partition coefficient (Wildman–Crippen LogP) is 4.98. The minimum atomic E-state index is -4.05. The van der Waals surface area contributed by atoms with E-state index in [0.717, 1.165) is 21.0 Å². The maximum absolute atomic E-state index is 13.7. The van der Waals surface area contributed by atoms with Gasteiger partial charge in [-0.3, -0.25) is 13.9 Å². The highest BCUT2D eigenvalue weighted by Gasteiger charge is 2.28. The summed E-state index contributed by atoms with van der Waals surface area (Å²) < 4.78 is 39.2. The maximum Gasteiger partial charge on any atom is 0.264 e. The largest absolute Gasteiger partial charge is 0.495 e. The molecule has 10 nitrogen and oxygen atoms in total. The van der Waals surface area contributed by atoms with Gasteiger partial charge in [-0.2, -0.15) is 5.10 Å². The Kier molecular flexibility index (Phi) is 10.4. The normalized spacial score (nSPS) is 11.2. The highest BCUT2D eigenvalue weighted by atomic mass is 32.2. The monoisotopic (exact) mass is 614 g/mol. The topological polar surface area (TPSA) is 126 Å². The first-order valence-electron chi connectivity index (χ1n) is 13.7. The number of rotatable bonds is 12. The Balaban J connectivity index is 1.37. The lowest BCUT2D eigenvalue weighted by molar-refractivity contribution is -0.119. The summed E-state index contributed by atoms with van der Waals surface area (Å²) in [6.07, 6.45) is 1.42. The van der Waals surface area contributed by atoms with E-state index < -0.39 is 22.5 Å². The van der Waals surface area contributed by atoms with E-state index in [1.54, 1.807) is 72.8 Å². The minimum Gasteiger partial charge on any atom is -0.495 e. The molecule has 0 saturated carbocycles. The smallest absolute Gasteiger partial charge is 0.264 e.